The summed E-state index contributed by atoms with van der Waals surface area (Å²) in [6.07, 6.45) is 2.04. The molecule has 0 saturated carbocycles. The number of hydrogen-bond acceptors (Lipinski definition) is 4. The van der Waals surface area contributed by atoms with Crippen molar-refractivity contribution in [2.45, 2.75) is 12.8 Å². The number of piperidine rings is 1. The molecule has 1 unspecified atom stereocenters. The molecule has 104 valence electrons. The molecule has 1 atom stereocenters. The summed E-state index contributed by atoms with van der Waals surface area (Å²) in [5.74, 6) is -0.681. The van der Waals surface area contributed by atoms with E-state index >= 15 is 0 Å². The Morgan fingerprint density at radius 1 is 1.47 bits per heavy atom. The molecule has 19 heavy (non-hydrogen) atoms. The SMILES string of the molecule is COCC1CCCN(C(=O)c2ccc(C(=O)O)s2)C1. The van der Waals surface area contributed by atoms with E-state index in [9.17, 15) is 9.59 Å². The fraction of sp³-hybridized carbons (Fsp3) is 0.538. The van der Waals surface area contributed by atoms with Crippen LogP contribution in [0.15, 0.2) is 12.1 Å². The number of amides is 1. The fourth-order valence-electron chi connectivity index (χ4n) is 2.34. The van der Waals surface area contributed by atoms with E-state index in [1.807, 2.05) is 0 Å². The first-order valence-electron chi connectivity index (χ1n) is 6.23. The average molecular weight is 283 g/mol. The molecule has 0 bridgehead atoms. The minimum atomic E-state index is -0.986. The van der Waals surface area contributed by atoms with Crippen molar-refractivity contribution in [2.75, 3.05) is 26.8 Å². The van der Waals surface area contributed by atoms with Crippen molar-refractivity contribution in [2.24, 2.45) is 5.92 Å². The van der Waals surface area contributed by atoms with Crippen molar-refractivity contribution >= 4 is 23.2 Å². The zero-order chi connectivity index (χ0) is 13.8. The molecule has 1 saturated heterocycles. The lowest BCUT2D eigenvalue weighted by molar-refractivity contribution is 0.0575. The molecule has 1 aliphatic heterocycles. The third-order valence-electron chi connectivity index (χ3n) is 3.24. The lowest BCUT2D eigenvalue weighted by atomic mass is 9.99. The maximum Gasteiger partial charge on any atom is 0.345 e. The smallest absolute Gasteiger partial charge is 0.345 e. The van der Waals surface area contributed by atoms with Gasteiger partial charge < -0.3 is 14.7 Å². The molecule has 0 radical (unpaired) electrons. The number of likely N-dealkylation sites (tertiary alicyclic amines) is 1. The van der Waals surface area contributed by atoms with Crippen LogP contribution in [-0.2, 0) is 4.74 Å². The van der Waals surface area contributed by atoms with Crippen LogP contribution in [0.5, 0.6) is 0 Å². The second kappa shape index (κ2) is 6.16. The van der Waals surface area contributed by atoms with E-state index in [1.165, 1.54) is 6.07 Å². The number of aromatic carboxylic acids is 1. The summed E-state index contributed by atoms with van der Waals surface area (Å²) in [5, 5.41) is 8.87. The Kier molecular flexibility index (Phi) is 4.55. The summed E-state index contributed by atoms with van der Waals surface area (Å²) in [6.45, 7) is 2.08. The zero-order valence-electron chi connectivity index (χ0n) is 10.8. The Bertz CT molecular complexity index is 469. The molecule has 1 N–H and O–H groups in total. The number of nitrogens with zero attached hydrogens (tertiary/aromatic N) is 1. The highest BCUT2D eigenvalue weighted by atomic mass is 32.1. The van der Waals surface area contributed by atoms with Crippen LogP contribution >= 0.6 is 11.3 Å². The van der Waals surface area contributed by atoms with Crippen molar-refractivity contribution in [3.8, 4) is 0 Å². The normalized spacial score (nSPS) is 19.4. The minimum absolute atomic E-state index is 0.0710. The van der Waals surface area contributed by atoms with E-state index in [0.717, 1.165) is 30.7 Å². The number of ether oxygens (including phenoxy) is 1. The number of thiophene rings is 1. The molecule has 1 aromatic rings. The van der Waals surface area contributed by atoms with Gasteiger partial charge in [0.2, 0.25) is 0 Å². The number of hydrogen-bond donors (Lipinski definition) is 1. The first-order chi connectivity index (χ1) is 9.11. The molecule has 6 heteroatoms. The van der Waals surface area contributed by atoms with Crippen LogP contribution in [0.25, 0.3) is 0 Å². The van der Waals surface area contributed by atoms with Crippen LogP contribution in [0.3, 0.4) is 0 Å². The highest BCUT2D eigenvalue weighted by Gasteiger charge is 2.25. The number of carboxylic acids is 1. The molecule has 0 aromatic carbocycles. The minimum Gasteiger partial charge on any atom is -0.477 e. The van der Waals surface area contributed by atoms with Gasteiger partial charge in [-0.25, -0.2) is 4.79 Å². The summed E-state index contributed by atoms with van der Waals surface area (Å²) in [4.78, 5) is 25.6. The number of carbonyl (C=O) groups excluding carboxylic acids is 1. The molecule has 1 amide bonds. The van der Waals surface area contributed by atoms with E-state index in [2.05, 4.69) is 0 Å². The average Bonchev–Trinajstić information content (AvgIpc) is 2.88. The van der Waals surface area contributed by atoms with Crippen molar-refractivity contribution in [3.63, 3.8) is 0 Å². The van der Waals surface area contributed by atoms with Gasteiger partial charge in [-0.1, -0.05) is 0 Å². The van der Waals surface area contributed by atoms with Gasteiger partial charge in [-0.2, -0.15) is 0 Å². The largest absolute Gasteiger partial charge is 0.477 e. The van der Waals surface area contributed by atoms with Gasteiger partial charge in [0.25, 0.3) is 5.91 Å². The summed E-state index contributed by atoms with van der Waals surface area (Å²) >= 11 is 1.04. The first kappa shape index (κ1) is 14.0. The Morgan fingerprint density at radius 2 is 2.21 bits per heavy atom. The summed E-state index contributed by atoms with van der Waals surface area (Å²) in [6, 6.07) is 3.08. The number of carboxylic acid groups (broad SMARTS) is 1. The van der Waals surface area contributed by atoms with E-state index in [1.54, 1.807) is 18.1 Å². The van der Waals surface area contributed by atoms with Crippen LogP contribution in [-0.4, -0.2) is 48.7 Å². The van der Waals surface area contributed by atoms with Crippen molar-refractivity contribution < 1.29 is 19.4 Å². The van der Waals surface area contributed by atoms with Crippen LogP contribution < -0.4 is 0 Å². The summed E-state index contributed by atoms with van der Waals surface area (Å²) in [7, 11) is 1.67. The molecule has 0 spiro atoms. The van der Waals surface area contributed by atoms with Crippen LogP contribution in [0.1, 0.15) is 32.2 Å². The highest BCUT2D eigenvalue weighted by molar-refractivity contribution is 7.15. The van der Waals surface area contributed by atoms with Crippen molar-refractivity contribution in [1.82, 2.24) is 4.90 Å². The summed E-state index contributed by atoms with van der Waals surface area (Å²) < 4.78 is 5.14. The van der Waals surface area contributed by atoms with Gasteiger partial charge in [-0.15, -0.1) is 11.3 Å². The second-order valence-electron chi connectivity index (χ2n) is 4.68. The Labute approximate surface area is 115 Å². The highest BCUT2D eigenvalue weighted by Crippen LogP contribution is 2.22. The second-order valence-corrected chi connectivity index (χ2v) is 5.77. The van der Waals surface area contributed by atoms with E-state index in [0.29, 0.717) is 23.9 Å². The lowest BCUT2D eigenvalue weighted by Crippen LogP contribution is -2.40. The number of carbonyl (C=O) groups is 2. The van der Waals surface area contributed by atoms with Crippen LogP contribution in [0.2, 0.25) is 0 Å². The topological polar surface area (TPSA) is 66.8 Å². The molecule has 0 aliphatic carbocycles. The Hall–Kier alpha value is -1.40. The Balaban J connectivity index is 2.03. The number of rotatable bonds is 4. The molecule has 2 rings (SSSR count). The number of methoxy groups -OCH3 is 1. The molecule has 1 aliphatic rings. The molecule has 5 nitrogen and oxygen atoms in total. The fourth-order valence-corrected chi connectivity index (χ4v) is 3.16. The van der Waals surface area contributed by atoms with Gasteiger partial charge in [0.05, 0.1) is 11.5 Å². The van der Waals surface area contributed by atoms with Crippen LogP contribution in [0.4, 0.5) is 0 Å². The Morgan fingerprint density at radius 3 is 2.84 bits per heavy atom. The summed E-state index contributed by atoms with van der Waals surface area (Å²) in [5.41, 5.74) is 0. The standard InChI is InChI=1S/C13H17NO4S/c1-18-8-9-3-2-6-14(7-9)12(15)10-4-5-11(19-10)13(16)17/h4-5,9H,2-3,6-8H2,1H3,(H,16,17). The monoisotopic (exact) mass is 283 g/mol. The van der Waals surface area contributed by atoms with E-state index in [-0.39, 0.29) is 10.8 Å². The molecule has 1 aromatic heterocycles. The van der Waals surface area contributed by atoms with E-state index < -0.39 is 5.97 Å². The van der Waals surface area contributed by atoms with Gasteiger partial charge in [0.15, 0.2) is 0 Å². The molecular formula is C13H17NO4S. The quantitative estimate of drug-likeness (QED) is 0.917. The maximum atomic E-state index is 12.3. The van der Waals surface area contributed by atoms with Crippen molar-refractivity contribution in [1.29, 1.82) is 0 Å². The van der Waals surface area contributed by atoms with E-state index in [4.69, 9.17) is 9.84 Å². The van der Waals surface area contributed by atoms with Gasteiger partial charge >= 0.3 is 5.97 Å². The third kappa shape index (κ3) is 3.33. The predicted octanol–water partition coefficient (Wildman–Crippen LogP) is 1.94. The van der Waals surface area contributed by atoms with Gasteiger partial charge in [-0.3, -0.25) is 4.79 Å². The van der Waals surface area contributed by atoms with Gasteiger partial charge in [0.1, 0.15) is 4.88 Å². The van der Waals surface area contributed by atoms with Crippen molar-refractivity contribution in [3.05, 3.63) is 21.9 Å². The maximum absolute atomic E-state index is 12.3. The van der Waals surface area contributed by atoms with Gasteiger partial charge in [-0.05, 0) is 30.9 Å². The molecular weight excluding hydrogens is 266 g/mol. The molecule has 1 fully saturated rings. The zero-order valence-corrected chi connectivity index (χ0v) is 11.6. The predicted molar refractivity (Wildman–Crippen MR) is 71.8 cm³/mol. The lowest BCUT2D eigenvalue weighted by Gasteiger charge is -2.32. The van der Waals surface area contributed by atoms with Crippen LogP contribution in [0, 0.1) is 5.92 Å². The first-order valence-corrected chi connectivity index (χ1v) is 7.05. The van der Waals surface area contributed by atoms with Gasteiger partial charge in [0, 0.05) is 20.2 Å². The third-order valence-corrected chi connectivity index (χ3v) is 4.30. The molecule has 2 heterocycles.